The predicted octanol–water partition coefficient (Wildman–Crippen LogP) is 3.15. The highest BCUT2D eigenvalue weighted by Crippen LogP contribution is 2.48. The minimum atomic E-state index is -0.332. The lowest BCUT2D eigenvalue weighted by molar-refractivity contribution is -0.136. The molecular weight excluding hydrogens is 248 g/mol. The van der Waals surface area contributed by atoms with E-state index < -0.39 is 0 Å². The molecule has 1 saturated heterocycles. The summed E-state index contributed by atoms with van der Waals surface area (Å²) in [5, 5.41) is 3.66. The molecule has 1 heterocycles. The van der Waals surface area contributed by atoms with Gasteiger partial charge in [0.25, 0.3) is 0 Å². The SMILES string of the molecule is CCC1(C)NC(CC(C)C)N(C2CC3CCC2C3)C1=O. The predicted molar refractivity (Wildman–Crippen MR) is 81.2 cm³/mol. The van der Waals surface area contributed by atoms with Crippen molar-refractivity contribution in [1.29, 1.82) is 0 Å². The van der Waals surface area contributed by atoms with Crippen LogP contribution in [0.25, 0.3) is 0 Å². The molecule has 3 aliphatic rings. The van der Waals surface area contributed by atoms with Crippen molar-refractivity contribution in [3.63, 3.8) is 0 Å². The first-order valence-corrected chi connectivity index (χ1v) is 8.55. The van der Waals surface area contributed by atoms with Gasteiger partial charge in [-0.3, -0.25) is 10.1 Å². The van der Waals surface area contributed by atoms with Gasteiger partial charge in [0.1, 0.15) is 0 Å². The van der Waals surface area contributed by atoms with Crippen LogP contribution in [0.15, 0.2) is 0 Å². The van der Waals surface area contributed by atoms with Gasteiger partial charge in [-0.05, 0) is 56.8 Å². The van der Waals surface area contributed by atoms with Crippen molar-refractivity contribution in [2.75, 3.05) is 0 Å². The van der Waals surface area contributed by atoms with Gasteiger partial charge < -0.3 is 4.90 Å². The van der Waals surface area contributed by atoms with Crippen LogP contribution in [0.2, 0.25) is 0 Å². The average molecular weight is 278 g/mol. The fourth-order valence-electron chi connectivity index (χ4n) is 4.73. The molecule has 3 nitrogen and oxygen atoms in total. The summed E-state index contributed by atoms with van der Waals surface area (Å²) in [6.07, 6.45) is 7.59. The second-order valence-electron chi connectivity index (χ2n) is 7.93. The Morgan fingerprint density at radius 1 is 1.35 bits per heavy atom. The largest absolute Gasteiger partial charge is 0.322 e. The second kappa shape index (κ2) is 5.01. The molecular formula is C17H30N2O. The second-order valence-corrected chi connectivity index (χ2v) is 7.93. The molecule has 0 aromatic rings. The topological polar surface area (TPSA) is 32.3 Å². The fourth-order valence-corrected chi connectivity index (χ4v) is 4.73. The van der Waals surface area contributed by atoms with E-state index in [1.54, 1.807) is 0 Å². The molecule has 5 atom stereocenters. The molecule has 2 saturated carbocycles. The molecule has 20 heavy (non-hydrogen) atoms. The smallest absolute Gasteiger partial charge is 0.244 e. The lowest BCUT2D eigenvalue weighted by atomic mass is 9.92. The van der Waals surface area contributed by atoms with E-state index in [1.807, 2.05) is 0 Å². The van der Waals surface area contributed by atoms with Crippen molar-refractivity contribution >= 4 is 5.91 Å². The molecule has 0 spiro atoms. The summed E-state index contributed by atoms with van der Waals surface area (Å²) in [4.78, 5) is 15.2. The van der Waals surface area contributed by atoms with Gasteiger partial charge in [0.15, 0.2) is 0 Å². The fraction of sp³-hybridized carbons (Fsp3) is 0.941. The van der Waals surface area contributed by atoms with Gasteiger partial charge >= 0.3 is 0 Å². The van der Waals surface area contributed by atoms with Crippen LogP contribution in [0.1, 0.15) is 66.2 Å². The van der Waals surface area contributed by atoms with Crippen molar-refractivity contribution in [2.45, 2.75) is 84.0 Å². The van der Waals surface area contributed by atoms with Gasteiger partial charge in [-0.15, -0.1) is 0 Å². The van der Waals surface area contributed by atoms with E-state index >= 15 is 0 Å². The summed E-state index contributed by atoms with van der Waals surface area (Å²) in [5.41, 5.74) is -0.332. The first kappa shape index (κ1) is 14.4. The Morgan fingerprint density at radius 3 is 2.60 bits per heavy atom. The van der Waals surface area contributed by atoms with E-state index in [4.69, 9.17) is 0 Å². The summed E-state index contributed by atoms with van der Waals surface area (Å²) in [5.74, 6) is 2.66. The van der Waals surface area contributed by atoms with Crippen LogP contribution in [0, 0.1) is 17.8 Å². The first-order valence-electron chi connectivity index (χ1n) is 8.55. The van der Waals surface area contributed by atoms with Gasteiger partial charge in [-0.1, -0.05) is 27.2 Å². The van der Waals surface area contributed by atoms with Gasteiger partial charge in [0.05, 0.1) is 11.7 Å². The summed E-state index contributed by atoms with van der Waals surface area (Å²) in [6, 6.07) is 0.519. The molecule has 0 aromatic heterocycles. The Bertz CT molecular complexity index is 394. The Labute approximate surface area is 123 Å². The van der Waals surface area contributed by atoms with Crippen molar-refractivity contribution in [2.24, 2.45) is 17.8 Å². The number of fused-ring (bicyclic) bond motifs is 2. The molecule has 2 bridgehead atoms. The van der Waals surface area contributed by atoms with E-state index in [0.717, 1.165) is 24.7 Å². The quantitative estimate of drug-likeness (QED) is 0.857. The van der Waals surface area contributed by atoms with Crippen LogP contribution in [0.5, 0.6) is 0 Å². The van der Waals surface area contributed by atoms with E-state index in [0.29, 0.717) is 17.9 Å². The summed E-state index contributed by atoms with van der Waals surface area (Å²) in [7, 11) is 0. The molecule has 1 aliphatic heterocycles. The molecule has 3 heteroatoms. The van der Waals surface area contributed by atoms with E-state index in [2.05, 4.69) is 37.9 Å². The number of rotatable bonds is 4. The van der Waals surface area contributed by atoms with Gasteiger partial charge in [-0.25, -0.2) is 0 Å². The maximum atomic E-state index is 13.0. The third-order valence-electron chi connectivity index (χ3n) is 5.99. The maximum Gasteiger partial charge on any atom is 0.244 e. The molecule has 2 aliphatic carbocycles. The number of hydrogen-bond donors (Lipinski definition) is 1. The normalized spacial score (nSPS) is 44.0. The van der Waals surface area contributed by atoms with Gasteiger partial charge in [0, 0.05) is 6.04 Å². The zero-order valence-corrected chi connectivity index (χ0v) is 13.5. The lowest BCUT2D eigenvalue weighted by Gasteiger charge is -2.36. The zero-order chi connectivity index (χ0) is 14.5. The number of carbonyl (C=O) groups excluding carboxylic acids is 1. The zero-order valence-electron chi connectivity index (χ0n) is 13.5. The van der Waals surface area contributed by atoms with Crippen molar-refractivity contribution in [1.82, 2.24) is 10.2 Å². The van der Waals surface area contributed by atoms with Crippen LogP contribution in [-0.2, 0) is 4.79 Å². The van der Waals surface area contributed by atoms with Crippen LogP contribution in [0.3, 0.4) is 0 Å². The highest BCUT2D eigenvalue weighted by molar-refractivity contribution is 5.88. The third kappa shape index (κ3) is 2.18. The first-order chi connectivity index (χ1) is 9.44. The van der Waals surface area contributed by atoms with Crippen LogP contribution < -0.4 is 5.32 Å². The monoisotopic (exact) mass is 278 g/mol. The summed E-state index contributed by atoms with van der Waals surface area (Å²) < 4.78 is 0. The van der Waals surface area contributed by atoms with Crippen molar-refractivity contribution in [3.05, 3.63) is 0 Å². The third-order valence-corrected chi connectivity index (χ3v) is 5.99. The molecule has 0 radical (unpaired) electrons. The molecule has 114 valence electrons. The summed E-state index contributed by atoms with van der Waals surface area (Å²) >= 11 is 0. The van der Waals surface area contributed by atoms with E-state index in [1.165, 1.54) is 25.7 Å². The number of nitrogens with zero attached hydrogens (tertiary/aromatic N) is 1. The lowest BCUT2D eigenvalue weighted by Crippen LogP contribution is -2.47. The highest BCUT2D eigenvalue weighted by Gasteiger charge is 2.53. The van der Waals surface area contributed by atoms with E-state index in [9.17, 15) is 4.79 Å². The van der Waals surface area contributed by atoms with Crippen LogP contribution in [-0.4, -0.2) is 28.6 Å². The minimum absolute atomic E-state index is 0.261. The average Bonchev–Trinajstić information content (AvgIpc) is 3.05. The maximum absolute atomic E-state index is 13.0. The number of hydrogen-bond acceptors (Lipinski definition) is 2. The molecule has 3 rings (SSSR count). The van der Waals surface area contributed by atoms with Crippen molar-refractivity contribution < 1.29 is 4.79 Å². The van der Waals surface area contributed by atoms with Crippen LogP contribution in [0.4, 0.5) is 0 Å². The number of carbonyl (C=O) groups is 1. The van der Waals surface area contributed by atoms with Crippen LogP contribution >= 0.6 is 0 Å². The Hall–Kier alpha value is -0.570. The molecule has 3 fully saturated rings. The van der Waals surface area contributed by atoms with Gasteiger partial charge in [0.2, 0.25) is 5.91 Å². The van der Waals surface area contributed by atoms with E-state index in [-0.39, 0.29) is 11.7 Å². The Balaban J connectivity index is 1.83. The highest BCUT2D eigenvalue weighted by atomic mass is 16.2. The number of amides is 1. The Morgan fingerprint density at radius 2 is 2.10 bits per heavy atom. The van der Waals surface area contributed by atoms with Crippen molar-refractivity contribution in [3.8, 4) is 0 Å². The molecule has 0 aromatic carbocycles. The summed E-state index contributed by atoms with van der Waals surface area (Å²) in [6.45, 7) is 8.73. The molecule has 5 unspecified atom stereocenters. The van der Waals surface area contributed by atoms with Gasteiger partial charge in [-0.2, -0.15) is 0 Å². The number of nitrogens with one attached hydrogen (secondary N) is 1. The molecule has 1 amide bonds. The molecule has 1 N–H and O–H groups in total. The minimum Gasteiger partial charge on any atom is -0.322 e. The standard InChI is InChI=1S/C17H30N2O/c1-5-17(4)16(20)19(15(18-17)8-11(2)3)14-10-12-6-7-13(14)9-12/h11-15,18H,5-10H2,1-4H3. The Kier molecular flexibility index (Phi) is 3.60.